The summed E-state index contributed by atoms with van der Waals surface area (Å²) in [6.07, 6.45) is 0. The lowest BCUT2D eigenvalue weighted by Crippen LogP contribution is -2.34. The molecular weight excluding hydrogens is 490 g/mol. The molecule has 8 heteroatoms. The Morgan fingerprint density at radius 3 is 2.27 bits per heavy atom. The third-order valence-electron chi connectivity index (χ3n) is 4.95. The zero-order valence-electron chi connectivity index (χ0n) is 18.3. The van der Waals surface area contributed by atoms with Crippen LogP contribution in [-0.4, -0.2) is 42.7 Å². The number of hydrogen-bond donors (Lipinski definition) is 1. The molecule has 7 nitrogen and oxygen atoms in total. The van der Waals surface area contributed by atoms with Gasteiger partial charge in [0.2, 0.25) is 0 Å². The molecule has 1 amide bonds. The van der Waals surface area contributed by atoms with Crippen molar-refractivity contribution in [1.29, 1.82) is 0 Å². The lowest BCUT2D eigenvalue weighted by molar-refractivity contribution is -0.134. The summed E-state index contributed by atoms with van der Waals surface area (Å²) in [5.74, 6) is -0.225. The highest BCUT2D eigenvalue weighted by atomic mass is 79.9. The molecule has 0 heterocycles. The van der Waals surface area contributed by atoms with Gasteiger partial charge in [-0.05, 0) is 39.7 Å². The van der Waals surface area contributed by atoms with Crippen LogP contribution in [-0.2, 0) is 17.9 Å². The number of ether oxygens (including phenoxy) is 3. The molecule has 3 aromatic carbocycles. The molecule has 0 atom stereocenters. The molecule has 0 aliphatic heterocycles. The molecule has 0 unspecified atom stereocenters. The van der Waals surface area contributed by atoms with Crippen LogP contribution in [0, 0.1) is 0 Å². The minimum absolute atomic E-state index is 0.0266. The van der Waals surface area contributed by atoms with Gasteiger partial charge in [0.25, 0.3) is 5.91 Å². The summed E-state index contributed by atoms with van der Waals surface area (Å²) in [7, 11) is 3.11. The molecule has 0 radical (unpaired) electrons. The van der Waals surface area contributed by atoms with Crippen LogP contribution in [0.2, 0.25) is 0 Å². The number of methoxy groups -OCH3 is 2. The molecule has 0 bridgehead atoms. The van der Waals surface area contributed by atoms with E-state index in [0.29, 0.717) is 22.5 Å². The predicted molar refractivity (Wildman–Crippen MR) is 127 cm³/mol. The lowest BCUT2D eigenvalue weighted by Gasteiger charge is -2.25. The number of carboxylic acids is 1. The summed E-state index contributed by atoms with van der Waals surface area (Å²) in [4.78, 5) is 26.4. The van der Waals surface area contributed by atoms with Crippen molar-refractivity contribution in [2.45, 2.75) is 13.1 Å². The van der Waals surface area contributed by atoms with Gasteiger partial charge in [0.15, 0.2) is 18.1 Å². The van der Waals surface area contributed by atoms with Crippen molar-refractivity contribution in [3.05, 3.63) is 87.9 Å². The zero-order chi connectivity index (χ0) is 23.8. The molecule has 0 aliphatic rings. The van der Waals surface area contributed by atoms with Gasteiger partial charge in [-0.2, -0.15) is 0 Å². The maximum atomic E-state index is 13.2. The second-order valence-corrected chi connectivity index (χ2v) is 7.95. The van der Waals surface area contributed by atoms with Crippen molar-refractivity contribution in [3.8, 4) is 17.2 Å². The van der Waals surface area contributed by atoms with Crippen molar-refractivity contribution in [3.63, 3.8) is 0 Å². The van der Waals surface area contributed by atoms with Crippen LogP contribution < -0.4 is 14.2 Å². The van der Waals surface area contributed by atoms with Crippen LogP contribution >= 0.6 is 15.9 Å². The highest BCUT2D eigenvalue weighted by Crippen LogP contribution is 2.32. The Morgan fingerprint density at radius 2 is 1.61 bits per heavy atom. The van der Waals surface area contributed by atoms with Crippen LogP contribution in [0.5, 0.6) is 17.2 Å². The van der Waals surface area contributed by atoms with Crippen molar-refractivity contribution in [1.82, 2.24) is 4.90 Å². The number of nitrogens with zero attached hydrogens (tertiary/aromatic N) is 1. The Kier molecular flexibility index (Phi) is 8.32. The summed E-state index contributed by atoms with van der Waals surface area (Å²) in [5, 5.41) is 9.44. The van der Waals surface area contributed by atoms with Gasteiger partial charge in [-0.1, -0.05) is 48.5 Å². The fourth-order valence-electron chi connectivity index (χ4n) is 3.37. The molecule has 0 spiro atoms. The minimum Gasteiger partial charge on any atom is -0.493 e. The number of carbonyl (C=O) groups is 2. The van der Waals surface area contributed by atoms with Gasteiger partial charge in [0.05, 0.1) is 18.7 Å². The van der Waals surface area contributed by atoms with E-state index in [1.54, 1.807) is 37.3 Å². The van der Waals surface area contributed by atoms with Crippen molar-refractivity contribution >= 4 is 27.8 Å². The first-order valence-corrected chi connectivity index (χ1v) is 10.9. The topological polar surface area (TPSA) is 85.3 Å². The quantitative estimate of drug-likeness (QED) is 0.420. The van der Waals surface area contributed by atoms with Crippen LogP contribution in [0.15, 0.2) is 71.2 Å². The average Bonchev–Trinajstić information content (AvgIpc) is 2.82. The van der Waals surface area contributed by atoms with E-state index in [0.717, 1.165) is 11.1 Å². The summed E-state index contributed by atoms with van der Waals surface area (Å²) in [6, 6.07) is 19.7. The number of para-hydroxylation sites is 2. The molecule has 3 aromatic rings. The van der Waals surface area contributed by atoms with Crippen molar-refractivity contribution in [2.24, 2.45) is 0 Å². The zero-order valence-corrected chi connectivity index (χ0v) is 19.9. The number of hydrogen-bond acceptors (Lipinski definition) is 5. The van der Waals surface area contributed by atoms with E-state index in [9.17, 15) is 14.7 Å². The first-order chi connectivity index (χ1) is 15.9. The second-order valence-electron chi connectivity index (χ2n) is 7.10. The standard InChI is InChI=1S/C25H24BrNO6/c1-31-21-13-6-10-18(23(21)32-2)15-27(14-17-8-4-3-5-9-17)22(28)16-33-24-19(25(29)30)11-7-12-20(24)26/h3-13H,14-16H2,1-2H3,(H,29,30). The average molecular weight is 514 g/mol. The van der Waals surface area contributed by atoms with Gasteiger partial charge < -0.3 is 24.2 Å². The van der Waals surface area contributed by atoms with Gasteiger partial charge in [-0.25, -0.2) is 4.79 Å². The van der Waals surface area contributed by atoms with Crippen molar-refractivity contribution in [2.75, 3.05) is 20.8 Å². The number of carboxylic acid groups (broad SMARTS) is 1. The van der Waals surface area contributed by atoms with Crippen LogP contribution in [0.1, 0.15) is 21.5 Å². The summed E-state index contributed by atoms with van der Waals surface area (Å²) >= 11 is 3.30. The Bertz CT molecular complexity index is 1120. The molecule has 172 valence electrons. The van der Waals surface area contributed by atoms with E-state index in [-0.39, 0.29) is 30.4 Å². The highest BCUT2D eigenvalue weighted by Gasteiger charge is 2.21. The largest absolute Gasteiger partial charge is 0.493 e. The van der Waals surface area contributed by atoms with Gasteiger partial charge >= 0.3 is 5.97 Å². The maximum Gasteiger partial charge on any atom is 0.339 e. The van der Waals surface area contributed by atoms with Crippen molar-refractivity contribution < 1.29 is 28.9 Å². The second kappa shape index (κ2) is 11.4. The summed E-state index contributed by atoms with van der Waals surface area (Å²) in [6.45, 7) is 0.256. The smallest absolute Gasteiger partial charge is 0.339 e. The van der Waals surface area contributed by atoms with Gasteiger partial charge in [0.1, 0.15) is 11.3 Å². The molecule has 0 aromatic heterocycles. The van der Waals surface area contributed by atoms with E-state index in [1.165, 1.54) is 6.07 Å². The number of benzene rings is 3. The number of amides is 1. The molecule has 3 rings (SSSR count). The third-order valence-corrected chi connectivity index (χ3v) is 5.58. The monoisotopic (exact) mass is 513 g/mol. The lowest BCUT2D eigenvalue weighted by atomic mass is 10.1. The van der Waals surface area contributed by atoms with Gasteiger partial charge in [-0.3, -0.25) is 4.79 Å². The Labute approximate surface area is 200 Å². The number of carbonyl (C=O) groups excluding carboxylic acids is 1. The highest BCUT2D eigenvalue weighted by molar-refractivity contribution is 9.10. The first kappa shape index (κ1) is 24.1. The van der Waals surface area contributed by atoms with E-state index >= 15 is 0 Å². The normalized spacial score (nSPS) is 10.4. The molecule has 0 fully saturated rings. The molecule has 1 N–H and O–H groups in total. The number of rotatable bonds is 10. The minimum atomic E-state index is -1.14. The Morgan fingerprint density at radius 1 is 0.879 bits per heavy atom. The summed E-state index contributed by atoms with van der Waals surface area (Å²) < 4.78 is 17.0. The molecule has 0 saturated carbocycles. The van der Waals surface area contributed by atoms with E-state index in [4.69, 9.17) is 14.2 Å². The summed E-state index contributed by atoms with van der Waals surface area (Å²) in [5.41, 5.74) is 1.69. The molecule has 0 saturated heterocycles. The molecule has 33 heavy (non-hydrogen) atoms. The third kappa shape index (κ3) is 6.04. The molecule has 0 aliphatic carbocycles. The van der Waals surface area contributed by atoms with E-state index in [1.807, 2.05) is 42.5 Å². The predicted octanol–water partition coefficient (Wildman–Crippen LogP) is 4.77. The maximum absolute atomic E-state index is 13.2. The Hall–Kier alpha value is -3.52. The Balaban J connectivity index is 1.86. The number of halogens is 1. The van der Waals surface area contributed by atoms with Gasteiger partial charge in [0, 0.05) is 18.7 Å². The SMILES string of the molecule is COc1cccc(CN(Cc2ccccc2)C(=O)COc2c(Br)cccc2C(=O)O)c1OC. The van der Waals surface area contributed by atoms with E-state index < -0.39 is 5.97 Å². The van der Waals surface area contributed by atoms with Gasteiger partial charge in [-0.15, -0.1) is 0 Å². The number of aromatic carboxylic acids is 1. The van der Waals surface area contributed by atoms with Crippen LogP contribution in [0.25, 0.3) is 0 Å². The first-order valence-electron chi connectivity index (χ1n) is 10.1. The van der Waals surface area contributed by atoms with Crippen LogP contribution in [0.4, 0.5) is 0 Å². The van der Waals surface area contributed by atoms with E-state index in [2.05, 4.69) is 15.9 Å². The van der Waals surface area contributed by atoms with Crippen LogP contribution in [0.3, 0.4) is 0 Å². The fraction of sp³-hybridized carbons (Fsp3) is 0.200. The molecular formula is C25H24BrNO6. The fourth-order valence-corrected chi connectivity index (χ4v) is 3.85.